The Morgan fingerprint density at radius 3 is 2.43 bits per heavy atom. The van der Waals surface area contributed by atoms with Gasteiger partial charge in [0.05, 0.1) is 0 Å². The number of carbonyl (C=O) groups is 2. The number of hydrogen-bond acceptors (Lipinski definition) is 2. The lowest BCUT2D eigenvalue weighted by Gasteiger charge is -2.20. The number of nitrogens with zero attached hydrogens (tertiary/aromatic N) is 1. The van der Waals surface area contributed by atoms with Crippen molar-refractivity contribution in [3.8, 4) is 0 Å². The maximum Gasteiger partial charge on any atom is 0.313 e. The van der Waals surface area contributed by atoms with Gasteiger partial charge in [0.25, 0.3) is 0 Å². The van der Waals surface area contributed by atoms with Crippen LogP contribution < -0.4 is 5.32 Å². The maximum absolute atomic E-state index is 12.3. The van der Waals surface area contributed by atoms with Crippen LogP contribution in [-0.4, -0.2) is 23.3 Å². The van der Waals surface area contributed by atoms with Gasteiger partial charge in [0.2, 0.25) is 0 Å². The van der Waals surface area contributed by atoms with E-state index in [4.69, 9.17) is 11.6 Å². The summed E-state index contributed by atoms with van der Waals surface area (Å²) in [4.78, 5) is 26.0. The number of amides is 2. The summed E-state index contributed by atoms with van der Waals surface area (Å²) in [6.45, 7) is 4.57. The summed E-state index contributed by atoms with van der Waals surface area (Å²) in [5.74, 6) is -1.23. The lowest BCUT2D eigenvalue weighted by atomic mass is 10.2. The second-order valence-electron chi connectivity index (χ2n) is 5.22. The Labute approximate surface area is 141 Å². The van der Waals surface area contributed by atoms with Crippen molar-refractivity contribution in [2.75, 3.05) is 11.9 Å². The number of carbonyl (C=O) groups excluding carboxylic acids is 2. The molecule has 0 saturated heterocycles. The monoisotopic (exact) mass is 330 g/mol. The van der Waals surface area contributed by atoms with E-state index in [9.17, 15) is 9.59 Å². The second kappa shape index (κ2) is 7.79. The van der Waals surface area contributed by atoms with Gasteiger partial charge in [0, 0.05) is 23.8 Å². The molecule has 0 atom stereocenters. The molecule has 0 aliphatic heterocycles. The van der Waals surface area contributed by atoms with Gasteiger partial charge in [-0.05, 0) is 37.1 Å². The largest absolute Gasteiger partial charge is 0.330 e. The van der Waals surface area contributed by atoms with Gasteiger partial charge >= 0.3 is 11.8 Å². The predicted octanol–water partition coefficient (Wildman–Crippen LogP) is 3.64. The van der Waals surface area contributed by atoms with Crippen LogP contribution in [0.2, 0.25) is 5.02 Å². The predicted molar refractivity (Wildman–Crippen MR) is 92.4 cm³/mol. The highest BCUT2D eigenvalue weighted by molar-refractivity contribution is 6.39. The quantitative estimate of drug-likeness (QED) is 0.870. The third kappa shape index (κ3) is 4.57. The third-order valence-corrected chi connectivity index (χ3v) is 3.92. The number of halogens is 1. The van der Waals surface area contributed by atoms with Gasteiger partial charge in [-0.2, -0.15) is 0 Å². The van der Waals surface area contributed by atoms with E-state index in [2.05, 4.69) is 5.32 Å². The zero-order valence-electron chi connectivity index (χ0n) is 13.2. The molecule has 23 heavy (non-hydrogen) atoms. The summed E-state index contributed by atoms with van der Waals surface area (Å²) in [5.41, 5.74) is 2.40. The van der Waals surface area contributed by atoms with Gasteiger partial charge in [-0.1, -0.05) is 48.0 Å². The number of rotatable bonds is 4. The molecule has 0 aliphatic rings. The van der Waals surface area contributed by atoms with Gasteiger partial charge in [0.1, 0.15) is 0 Å². The van der Waals surface area contributed by atoms with Crippen molar-refractivity contribution in [3.63, 3.8) is 0 Å². The summed E-state index contributed by atoms with van der Waals surface area (Å²) >= 11 is 6.03. The zero-order valence-corrected chi connectivity index (χ0v) is 13.9. The molecule has 2 amide bonds. The van der Waals surface area contributed by atoms with E-state index in [0.29, 0.717) is 23.8 Å². The smallest absolute Gasteiger partial charge is 0.313 e. The molecular weight excluding hydrogens is 312 g/mol. The fraction of sp³-hybridized carbons (Fsp3) is 0.222. The van der Waals surface area contributed by atoms with Crippen molar-refractivity contribution >= 4 is 29.1 Å². The summed E-state index contributed by atoms with van der Waals surface area (Å²) in [6, 6.07) is 14.7. The fourth-order valence-electron chi connectivity index (χ4n) is 2.13. The molecule has 1 N–H and O–H groups in total. The molecule has 2 rings (SSSR count). The number of hydrogen-bond donors (Lipinski definition) is 1. The van der Waals surface area contributed by atoms with E-state index < -0.39 is 11.8 Å². The van der Waals surface area contributed by atoms with Crippen molar-refractivity contribution in [1.82, 2.24) is 4.90 Å². The average molecular weight is 331 g/mol. The van der Waals surface area contributed by atoms with Gasteiger partial charge in [-0.25, -0.2) is 0 Å². The van der Waals surface area contributed by atoms with Crippen molar-refractivity contribution in [2.45, 2.75) is 20.4 Å². The van der Waals surface area contributed by atoms with E-state index in [1.165, 1.54) is 4.90 Å². The van der Waals surface area contributed by atoms with E-state index in [-0.39, 0.29) is 0 Å². The molecule has 120 valence electrons. The van der Waals surface area contributed by atoms with Crippen molar-refractivity contribution in [2.24, 2.45) is 0 Å². The number of likely N-dealkylation sites (N-methyl/N-ethyl adjacent to an activating group) is 1. The maximum atomic E-state index is 12.3. The first-order valence-electron chi connectivity index (χ1n) is 7.41. The van der Waals surface area contributed by atoms with Crippen LogP contribution in [0.4, 0.5) is 5.69 Å². The number of aryl methyl sites for hydroxylation is 1. The third-order valence-electron chi connectivity index (χ3n) is 3.51. The topological polar surface area (TPSA) is 49.4 Å². The summed E-state index contributed by atoms with van der Waals surface area (Å²) in [7, 11) is 0. The molecule has 2 aromatic carbocycles. The van der Waals surface area contributed by atoms with Crippen LogP contribution in [0.15, 0.2) is 48.5 Å². The molecular formula is C18H19ClN2O2. The number of anilines is 1. The summed E-state index contributed by atoms with van der Waals surface area (Å²) < 4.78 is 0. The molecule has 0 saturated carbocycles. The summed E-state index contributed by atoms with van der Waals surface area (Å²) in [6.07, 6.45) is 0. The Morgan fingerprint density at radius 2 is 1.83 bits per heavy atom. The lowest BCUT2D eigenvalue weighted by Crippen LogP contribution is -2.39. The van der Waals surface area contributed by atoms with E-state index in [1.807, 2.05) is 44.2 Å². The molecule has 0 radical (unpaired) electrons. The molecule has 5 heteroatoms. The Hall–Kier alpha value is -2.33. The SMILES string of the molecule is CCN(Cc1ccccc1)C(=O)C(=O)Nc1ccc(C)c(Cl)c1. The highest BCUT2D eigenvalue weighted by Gasteiger charge is 2.21. The fourth-order valence-corrected chi connectivity index (χ4v) is 2.31. The first kappa shape index (κ1) is 17.0. The van der Waals surface area contributed by atoms with Gasteiger partial charge in [-0.15, -0.1) is 0 Å². The van der Waals surface area contributed by atoms with Crippen molar-refractivity contribution in [1.29, 1.82) is 0 Å². The van der Waals surface area contributed by atoms with E-state index >= 15 is 0 Å². The minimum absolute atomic E-state index is 0.401. The van der Waals surface area contributed by atoms with Crippen LogP contribution in [-0.2, 0) is 16.1 Å². The summed E-state index contributed by atoms with van der Waals surface area (Å²) in [5, 5.41) is 3.14. The van der Waals surface area contributed by atoms with Gasteiger partial charge in [-0.3, -0.25) is 9.59 Å². The first-order valence-corrected chi connectivity index (χ1v) is 7.79. The van der Waals surface area contributed by atoms with Crippen LogP contribution in [0.25, 0.3) is 0 Å². The zero-order chi connectivity index (χ0) is 16.8. The molecule has 0 heterocycles. The molecule has 0 aliphatic carbocycles. The van der Waals surface area contributed by atoms with Crippen LogP contribution in [0.5, 0.6) is 0 Å². The van der Waals surface area contributed by atoms with Gasteiger partial charge < -0.3 is 10.2 Å². The molecule has 0 aromatic heterocycles. The highest BCUT2D eigenvalue weighted by atomic mass is 35.5. The normalized spacial score (nSPS) is 10.2. The minimum Gasteiger partial charge on any atom is -0.330 e. The molecule has 0 bridgehead atoms. The molecule has 4 nitrogen and oxygen atoms in total. The van der Waals surface area contributed by atoms with Crippen LogP contribution in [0.3, 0.4) is 0 Å². The average Bonchev–Trinajstić information content (AvgIpc) is 2.56. The Balaban J connectivity index is 2.04. The van der Waals surface area contributed by atoms with Crippen LogP contribution >= 0.6 is 11.6 Å². The molecule has 0 spiro atoms. The Morgan fingerprint density at radius 1 is 1.13 bits per heavy atom. The highest BCUT2D eigenvalue weighted by Crippen LogP contribution is 2.20. The molecule has 0 fully saturated rings. The van der Waals surface area contributed by atoms with Gasteiger partial charge in [0.15, 0.2) is 0 Å². The lowest BCUT2D eigenvalue weighted by molar-refractivity contribution is -0.143. The minimum atomic E-state index is -0.664. The Kier molecular flexibility index (Phi) is 5.77. The van der Waals surface area contributed by atoms with Crippen LogP contribution in [0, 0.1) is 6.92 Å². The number of nitrogens with one attached hydrogen (secondary N) is 1. The molecule has 2 aromatic rings. The van der Waals surface area contributed by atoms with Crippen molar-refractivity contribution in [3.05, 3.63) is 64.7 Å². The second-order valence-corrected chi connectivity index (χ2v) is 5.63. The Bertz CT molecular complexity index is 701. The van der Waals surface area contributed by atoms with Crippen LogP contribution in [0.1, 0.15) is 18.1 Å². The first-order chi connectivity index (χ1) is 11.0. The van der Waals surface area contributed by atoms with E-state index in [0.717, 1.165) is 11.1 Å². The van der Waals surface area contributed by atoms with Crippen molar-refractivity contribution < 1.29 is 9.59 Å². The molecule has 0 unspecified atom stereocenters. The number of benzene rings is 2. The van der Waals surface area contributed by atoms with E-state index in [1.54, 1.807) is 18.2 Å². The standard InChI is InChI=1S/C18H19ClN2O2/c1-3-21(12-14-7-5-4-6-8-14)18(23)17(22)20-15-10-9-13(2)16(19)11-15/h4-11H,3,12H2,1-2H3,(H,20,22).